The van der Waals surface area contributed by atoms with Gasteiger partial charge in [-0.1, -0.05) is 46.5 Å². The van der Waals surface area contributed by atoms with Crippen molar-refractivity contribution < 1.29 is 5.11 Å². The van der Waals surface area contributed by atoms with E-state index in [4.69, 9.17) is 0 Å². The number of aliphatic hydroxyl groups is 1. The Balaban J connectivity index is 2.64. The first-order valence-electron chi connectivity index (χ1n) is 6.27. The zero-order valence-corrected chi connectivity index (χ0v) is 10.1. The Bertz CT molecular complexity index is 167. The summed E-state index contributed by atoms with van der Waals surface area (Å²) in [7, 11) is 0. The standard InChI is InChI=1S/C13H26O/c1-4-5-8-13(10-14)9-6-7-11(2)12(13)3/h11-12,14H,4-10H2,1-3H3. The summed E-state index contributed by atoms with van der Waals surface area (Å²) in [6.07, 6.45) is 7.67. The van der Waals surface area contributed by atoms with Crippen LogP contribution in [-0.2, 0) is 0 Å². The molecule has 0 amide bonds. The van der Waals surface area contributed by atoms with Crippen LogP contribution in [0.25, 0.3) is 0 Å². The summed E-state index contributed by atoms with van der Waals surface area (Å²) >= 11 is 0. The van der Waals surface area contributed by atoms with E-state index in [0.717, 1.165) is 5.92 Å². The van der Waals surface area contributed by atoms with Gasteiger partial charge in [-0.25, -0.2) is 0 Å². The molecule has 1 fully saturated rings. The zero-order chi connectivity index (χ0) is 10.6. The van der Waals surface area contributed by atoms with Crippen LogP contribution < -0.4 is 0 Å². The first kappa shape index (κ1) is 12.0. The first-order valence-corrected chi connectivity index (χ1v) is 6.27. The average molecular weight is 198 g/mol. The van der Waals surface area contributed by atoms with E-state index in [1.807, 2.05) is 0 Å². The van der Waals surface area contributed by atoms with Crippen molar-refractivity contribution in [2.45, 2.75) is 59.3 Å². The van der Waals surface area contributed by atoms with Crippen LogP contribution in [0.4, 0.5) is 0 Å². The van der Waals surface area contributed by atoms with E-state index in [0.29, 0.717) is 12.5 Å². The van der Waals surface area contributed by atoms with E-state index in [1.54, 1.807) is 0 Å². The number of hydrogen-bond acceptors (Lipinski definition) is 1. The van der Waals surface area contributed by atoms with Crippen LogP contribution in [0.3, 0.4) is 0 Å². The van der Waals surface area contributed by atoms with Crippen LogP contribution in [0.15, 0.2) is 0 Å². The normalized spacial score (nSPS) is 38.6. The van der Waals surface area contributed by atoms with Gasteiger partial charge >= 0.3 is 0 Å². The highest BCUT2D eigenvalue weighted by atomic mass is 16.3. The fourth-order valence-electron chi connectivity index (χ4n) is 3.04. The smallest absolute Gasteiger partial charge is 0.0490 e. The molecule has 0 spiro atoms. The molecule has 3 unspecified atom stereocenters. The van der Waals surface area contributed by atoms with Crippen LogP contribution in [0, 0.1) is 17.3 Å². The summed E-state index contributed by atoms with van der Waals surface area (Å²) in [4.78, 5) is 0. The second-order valence-corrected chi connectivity index (χ2v) is 5.28. The number of hydrogen-bond donors (Lipinski definition) is 1. The maximum atomic E-state index is 9.66. The number of unbranched alkanes of at least 4 members (excludes halogenated alkanes) is 1. The molecule has 0 radical (unpaired) electrons. The van der Waals surface area contributed by atoms with Crippen LogP contribution in [0.1, 0.15) is 59.3 Å². The summed E-state index contributed by atoms with van der Waals surface area (Å²) in [5.74, 6) is 1.50. The highest BCUT2D eigenvalue weighted by Gasteiger charge is 2.40. The van der Waals surface area contributed by atoms with Crippen molar-refractivity contribution in [3.05, 3.63) is 0 Å². The van der Waals surface area contributed by atoms with Crippen LogP contribution in [0.5, 0.6) is 0 Å². The maximum Gasteiger partial charge on any atom is 0.0490 e. The van der Waals surface area contributed by atoms with E-state index in [2.05, 4.69) is 20.8 Å². The van der Waals surface area contributed by atoms with Gasteiger partial charge < -0.3 is 5.11 Å². The summed E-state index contributed by atoms with van der Waals surface area (Å²) in [5, 5.41) is 9.66. The molecule has 0 aromatic rings. The van der Waals surface area contributed by atoms with Gasteiger partial charge in [0.25, 0.3) is 0 Å². The summed E-state index contributed by atoms with van der Waals surface area (Å²) < 4.78 is 0. The van der Waals surface area contributed by atoms with Crippen LogP contribution in [0.2, 0.25) is 0 Å². The van der Waals surface area contributed by atoms with Gasteiger partial charge in [-0.05, 0) is 30.1 Å². The Hall–Kier alpha value is -0.0400. The molecule has 1 aliphatic rings. The molecule has 1 nitrogen and oxygen atoms in total. The summed E-state index contributed by atoms with van der Waals surface area (Å²) in [6.45, 7) is 7.33. The topological polar surface area (TPSA) is 20.2 Å². The van der Waals surface area contributed by atoms with E-state index < -0.39 is 0 Å². The van der Waals surface area contributed by atoms with Crippen LogP contribution >= 0.6 is 0 Å². The first-order chi connectivity index (χ1) is 6.66. The van der Waals surface area contributed by atoms with Gasteiger partial charge in [-0.2, -0.15) is 0 Å². The van der Waals surface area contributed by atoms with E-state index >= 15 is 0 Å². The third-order valence-corrected chi connectivity index (χ3v) is 4.50. The third kappa shape index (κ3) is 2.31. The lowest BCUT2D eigenvalue weighted by Gasteiger charge is -2.45. The highest BCUT2D eigenvalue weighted by molar-refractivity contribution is 4.90. The minimum absolute atomic E-state index is 0.258. The lowest BCUT2D eigenvalue weighted by Crippen LogP contribution is -2.39. The fraction of sp³-hybridized carbons (Fsp3) is 1.00. The molecular weight excluding hydrogens is 172 g/mol. The fourth-order valence-corrected chi connectivity index (χ4v) is 3.04. The van der Waals surface area contributed by atoms with Gasteiger partial charge in [0.2, 0.25) is 0 Å². The molecule has 1 N–H and O–H groups in total. The molecule has 1 saturated carbocycles. The minimum Gasteiger partial charge on any atom is -0.396 e. The Morgan fingerprint density at radius 1 is 1.36 bits per heavy atom. The molecule has 0 saturated heterocycles. The Labute approximate surface area is 88.9 Å². The monoisotopic (exact) mass is 198 g/mol. The van der Waals surface area contributed by atoms with Crippen molar-refractivity contribution in [3.8, 4) is 0 Å². The SMILES string of the molecule is CCCCC1(CO)CCCC(C)C1C. The third-order valence-electron chi connectivity index (χ3n) is 4.50. The van der Waals surface area contributed by atoms with E-state index in [-0.39, 0.29) is 5.41 Å². The zero-order valence-electron chi connectivity index (χ0n) is 10.1. The summed E-state index contributed by atoms with van der Waals surface area (Å²) in [6, 6.07) is 0. The number of aliphatic hydroxyl groups excluding tert-OH is 1. The second kappa shape index (κ2) is 5.16. The molecule has 1 rings (SSSR count). The molecule has 1 heteroatoms. The highest BCUT2D eigenvalue weighted by Crippen LogP contribution is 2.47. The maximum absolute atomic E-state index is 9.66. The largest absolute Gasteiger partial charge is 0.396 e. The molecular formula is C13H26O. The Morgan fingerprint density at radius 3 is 2.64 bits per heavy atom. The minimum atomic E-state index is 0.258. The molecule has 14 heavy (non-hydrogen) atoms. The van der Waals surface area contributed by atoms with Crippen molar-refractivity contribution in [3.63, 3.8) is 0 Å². The van der Waals surface area contributed by atoms with Gasteiger partial charge in [0.05, 0.1) is 0 Å². The van der Waals surface area contributed by atoms with Gasteiger partial charge in [0, 0.05) is 6.61 Å². The average Bonchev–Trinajstić information content (AvgIpc) is 2.21. The second-order valence-electron chi connectivity index (χ2n) is 5.28. The van der Waals surface area contributed by atoms with Crippen molar-refractivity contribution >= 4 is 0 Å². The lowest BCUT2D eigenvalue weighted by atomic mass is 9.61. The van der Waals surface area contributed by atoms with Gasteiger partial charge in [0.1, 0.15) is 0 Å². The van der Waals surface area contributed by atoms with Crippen LogP contribution in [-0.4, -0.2) is 11.7 Å². The van der Waals surface area contributed by atoms with Gasteiger partial charge in [0.15, 0.2) is 0 Å². The molecule has 0 heterocycles. The van der Waals surface area contributed by atoms with E-state index in [1.165, 1.54) is 38.5 Å². The van der Waals surface area contributed by atoms with Crippen molar-refractivity contribution in [2.75, 3.05) is 6.61 Å². The van der Waals surface area contributed by atoms with Crippen molar-refractivity contribution in [1.82, 2.24) is 0 Å². The van der Waals surface area contributed by atoms with Crippen molar-refractivity contribution in [2.24, 2.45) is 17.3 Å². The predicted octanol–water partition coefficient (Wildman–Crippen LogP) is 3.61. The quantitative estimate of drug-likeness (QED) is 0.731. The molecule has 0 aromatic heterocycles. The molecule has 0 aromatic carbocycles. The Morgan fingerprint density at radius 2 is 2.07 bits per heavy atom. The molecule has 84 valence electrons. The van der Waals surface area contributed by atoms with E-state index in [9.17, 15) is 5.11 Å². The van der Waals surface area contributed by atoms with Gasteiger partial charge in [-0.15, -0.1) is 0 Å². The molecule has 0 bridgehead atoms. The lowest BCUT2D eigenvalue weighted by molar-refractivity contribution is -0.00538. The predicted molar refractivity (Wildman–Crippen MR) is 61.2 cm³/mol. The number of rotatable bonds is 4. The van der Waals surface area contributed by atoms with Gasteiger partial charge in [-0.3, -0.25) is 0 Å². The van der Waals surface area contributed by atoms with Crippen molar-refractivity contribution in [1.29, 1.82) is 0 Å². The molecule has 1 aliphatic carbocycles. The molecule has 3 atom stereocenters. The Kier molecular flexibility index (Phi) is 4.43. The summed E-state index contributed by atoms with van der Waals surface area (Å²) in [5.41, 5.74) is 0.258. The molecule has 0 aliphatic heterocycles.